The monoisotopic (exact) mass is 378 g/mol. The molecule has 0 spiro atoms. The van der Waals surface area contributed by atoms with E-state index in [1.807, 2.05) is 34.6 Å². The Hall–Kier alpha value is -1.43. The van der Waals surface area contributed by atoms with E-state index in [2.05, 4.69) is 31.4 Å². The fourth-order valence-corrected chi connectivity index (χ4v) is 0.564. The van der Waals surface area contributed by atoms with Gasteiger partial charge in [-0.25, -0.2) is 0 Å². The molecule has 160 valence electrons. The molecule has 0 aliphatic rings. The summed E-state index contributed by atoms with van der Waals surface area (Å²) in [5.41, 5.74) is 0. The van der Waals surface area contributed by atoms with Crippen LogP contribution in [0.15, 0.2) is 38.0 Å². The van der Waals surface area contributed by atoms with E-state index in [1.54, 1.807) is 18.2 Å². The maximum atomic E-state index is 10.1. The molecule has 0 unspecified atom stereocenters. The number of aliphatic hydroxyl groups excluding tert-OH is 2. The fraction of sp³-hybridized carbons (Fsp3) is 0.667. The molecule has 2 N–H and O–H groups in total. The van der Waals surface area contributed by atoms with Crippen molar-refractivity contribution >= 4 is 5.97 Å². The number of allylic oxidation sites excluding steroid dienone is 3. The van der Waals surface area contributed by atoms with E-state index in [-0.39, 0.29) is 19.2 Å². The van der Waals surface area contributed by atoms with Crippen molar-refractivity contribution in [3.05, 3.63) is 38.0 Å². The van der Waals surface area contributed by atoms with Crippen molar-refractivity contribution in [1.29, 1.82) is 0 Å². The Morgan fingerprint density at radius 3 is 1.31 bits per heavy atom. The SMILES string of the molecule is C=CC.C=CC.C=CC.CCCCOC(C)=O.CCOCC.OCCO. The van der Waals surface area contributed by atoms with Gasteiger partial charge in [0.05, 0.1) is 19.8 Å². The van der Waals surface area contributed by atoms with Crippen molar-refractivity contribution in [3.63, 3.8) is 0 Å². The van der Waals surface area contributed by atoms with Crippen LogP contribution < -0.4 is 0 Å². The second-order valence-electron chi connectivity index (χ2n) is 4.15. The average molecular weight is 379 g/mol. The van der Waals surface area contributed by atoms with Crippen LogP contribution in [0.2, 0.25) is 0 Å². The molecule has 0 saturated carbocycles. The summed E-state index contributed by atoms with van der Waals surface area (Å²) < 4.78 is 9.48. The van der Waals surface area contributed by atoms with Gasteiger partial charge in [-0.3, -0.25) is 4.79 Å². The number of ether oxygens (including phenoxy) is 2. The minimum absolute atomic E-state index is 0.125. The Morgan fingerprint density at radius 1 is 0.885 bits per heavy atom. The molecule has 0 fully saturated rings. The van der Waals surface area contributed by atoms with Crippen LogP contribution in [0.4, 0.5) is 0 Å². The number of hydrogen-bond acceptors (Lipinski definition) is 5. The predicted octanol–water partition coefficient (Wildman–Crippen LogP) is 4.94. The molecule has 0 aromatic rings. The molecule has 0 aromatic carbocycles. The van der Waals surface area contributed by atoms with Crippen LogP contribution in [0.3, 0.4) is 0 Å². The third kappa shape index (κ3) is 243. The number of esters is 1. The van der Waals surface area contributed by atoms with Gasteiger partial charge < -0.3 is 19.7 Å². The molecule has 0 aromatic heterocycles. The minimum Gasteiger partial charge on any atom is -0.466 e. The minimum atomic E-state index is -0.182. The smallest absolute Gasteiger partial charge is 0.302 e. The molecule has 0 bridgehead atoms. The molecular weight excluding hydrogens is 332 g/mol. The van der Waals surface area contributed by atoms with E-state index >= 15 is 0 Å². The van der Waals surface area contributed by atoms with Crippen LogP contribution in [-0.2, 0) is 14.3 Å². The van der Waals surface area contributed by atoms with Gasteiger partial charge in [0, 0.05) is 20.1 Å². The van der Waals surface area contributed by atoms with Gasteiger partial charge in [-0.15, -0.1) is 19.7 Å². The summed E-state index contributed by atoms with van der Waals surface area (Å²) in [5.74, 6) is -0.182. The summed E-state index contributed by atoms with van der Waals surface area (Å²) in [6.07, 6.45) is 7.30. The van der Waals surface area contributed by atoms with Gasteiger partial charge in [0.1, 0.15) is 0 Å². The highest BCUT2D eigenvalue weighted by Crippen LogP contribution is 1.86. The summed E-state index contributed by atoms with van der Waals surface area (Å²) in [4.78, 5) is 10.1. The predicted molar refractivity (Wildman–Crippen MR) is 115 cm³/mol. The van der Waals surface area contributed by atoms with Gasteiger partial charge in [0.15, 0.2) is 0 Å². The van der Waals surface area contributed by atoms with Crippen LogP contribution in [0.25, 0.3) is 0 Å². The fourth-order valence-electron chi connectivity index (χ4n) is 0.564. The molecule has 0 amide bonds. The lowest BCUT2D eigenvalue weighted by Crippen LogP contribution is -1.99. The summed E-state index contributed by atoms with van der Waals surface area (Å²) in [6.45, 7) is 25.2. The normalized spacial score (nSPS) is 6.96. The molecule has 5 heteroatoms. The van der Waals surface area contributed by atoms with E-state index in [0.717, 1.165) is 26.1 Å². The van der Waals surface area contributed by atoms with Gasteiger partial charge in [-0.05, 0) is 41.0 Å². The molecule has 0 aliphatic heterocycles. The van der Waals surface area contributed by atoms with Crippen LogP contribution in [0.5, 0.6) is 0 Å². The number of aliphatic hydroxyl groups is 2. The average Bonchev–Trinajstić information content (AvgIpc) is 2.58. The van der Waals surface area contributed by atoms with Gasteiger partial charge in [0.25, 0.3) is 0 Å². The number of carbonyl (C=O) groups is 1. The molecular formula is C21H46O5. The highest BCUT2D eigenvalue weighted by molar-refractivity contribution is 5.65. The molecule has 5 nitrogen and oxygen atoms in total. The van der Waals surface area contributed by atoms with Crippen LogP contribution in [0, 0.1) is 0 Å². The lowest BCUT2D eigenvalue weighted by atomic mass is 10.4. The summed E-state index contributed by atoms with van der Waals surface area (Å²) >= 11 is 0. The molecule has 0 radical (unpaired) electrons. The Morgan fingerprint density at radius 2 is 1.19 bits per heavy atom. The first-order valence-corrected chi connectivity index (χ1v) is 8.98. The Bertz CT molecular complexity index is 210. The second-order valence-corrected chi connectivity index (χ2v) is 4.15. The van der Waals surface area contributed by atoms with Crippen LogP contribution >= 0.6 is 0 Å². The van der Waals surface area contributed by atoms with Crippen molar-refractivity contribution in [1.82, 2.24) is 0 Å². The van der Waals surface area contributed by atoms with Crippen LogP contribution in [-0.4, -0.2) is 49.2 Å². The summed E-state index contributed by atoms with van der Waals surface area (Å²) in [6, 6.07) is 0. The Kier molecular flexibility index (Phi) is 99.3. The molecule has 0 heterocycles. The Balaban J connectivity index is -0.0000000488. The van der Waals surface area contributed by atoms with Crippen molar-refractivity contribution in [2.45, 2.75) is 61.3 Å². The molecule has 0 saturated heterocycles. The van der Waals surface area contributed by atoms with Crippen molar-refractivity contribution in [3.8, 4) is 0 Å². The first kappa shape index (κ1) is 39.6. The van der Waals surface area contributed by atoms with E-state index < -0.39 is 0 Å². The second kappa shape index (κ2) is 65.2. The van der Waals surface area contributed by atoms with Crippen LogP contribution in [0.1, 0.15) is 61.3 Å². The third-order valence-electron chi connectivity index (χ3n) is 1.31. The first-order chi connectivity index (χ1) is 12.3. The zero-order valence-corrected chi connectivity index (χ0v) is 18.4. The number of carbonyl (C=O) groups excluding carboxylic acids is 1. The maximum absolute atomic E-state index is 10.1. The van der Waals surface area contributed by atoms with Gasteiger partial charge >= 0.3 is 5.97 Å². The first-order valence-electron chi connectivity index (χ1n) is 8.98. The van der Waals surface area contributed by atoms with E-state index in [4.69, 9.17) is 14.9 Å². The van der Waals surface area contributed by atoms with Crippen molar-refractivity contribution in [2.75, 3.05) is 33.0 Å². The van der Waals surface area contributed by atoms with E-state index in [0.29, 0.717) is 6.61 Å². The van der Waals surface area contributed by atoms with E-state index in [9.17, 15) is 4.79 Å². The Labute approximate surface area is 163 Å². The largest absolute Gasteiger partial charge is 0.466 e. The van der Waals surface area contributed by atoms with Gasteiger partial charge in [-0.1, -0.05) is 31.6 Å². The zero-order valence-electron chi connectivity index (χ0n) is 18.4. The number of hydrogen-bond donors (Lipinski definition) is 2. The lowest BCUT2D eigenvalue weighted by Gasteiger charge is -1.96. The van der Waals surface area contributed by atoms with Gasteiger partial charge in [0.2, 0.25) is 0 Å². The number of unbranched alkanes of at least 4 members (excludes halogenated alkanes) is 1. The summed E-state index contributed by atoms with van der Waals surface area (Å²) in [5, 5.41) is 15.2. The highest BCUT2D eigenvalue weighted by atomic mass is 16.5. The van der Waals surface area contributed by atoms with Gasteiger partial charge in [-0.2, -0.15) is 0 Å². The molecule has 0 rings (SSSR count). The molecule has 0 atom stereocenters. The standard InChI is InChI=1S/C6H12O2.C4H10O.3C3H6.C2H6O2/c1-3-4-5-8-6(2)7;1-3-5-4-2;3*1-3-2;3-1-2-4/h3-5H2,1-2H3;3-4H2,1-2H3;3*3H,1H2,2H3;3-4H,1-2H2. The topological polar surface area (TPSA) is 76.0 Å². The maximum Gasteiger partial charge on any atom is 0.302 e. The zero-order chi connectivity index (χ0) is 22.1. The highest BCUT2D eigenvalue weighted by Gasteiger charge is 1.88. The van der Waals surface area contributed by atoms with Crippen molar-refractivity contribution in [2.24, 2.45) is 0 Å². The van der Waals surface area contributed by atoms with Crippen molar-refractivity contribution < 1.29 is 24.5 Å². The third-order valence-corrected chi connectivity index (χ3v) is 1.31. The quantitative estimate of drug-likeness (QED) is 0.389. The molecule has 0 aliphatic carbocycles. The number of rotatable bonds is 6. The lowest BCUT2D eigenvalue weighted by molar-refractivity contribution is -0.141. The van der Waals surface area contributed by atoms with E-state index in [1.165, 1.54) is 6.92 Å². The summed E-state index contributed by atoms with van der Waals surface area (Å²) in [7, 11) is 0. The molecule has 26 heavy (non-hydrogen) atoms.